The van der Waals surface area contributed by atoms with Gasteiger partial charge in [0.25, 0.3) is 11.8 Å². The number of urea groups is 1. The first-order chi connectivity index (χ1) is 17.9. The zero-order valence-electron chi connectivity index (χ0n) is 20.6. The standard InChI is InChI=1S/C29H27BrN2O5/c1-3-4-14-36-24-11-9-23(10-12-24)32-28(34)25(27(33)31-29(32)35)17-21-16-22(30)8-13-26(21)37-18-20-7-5-6-19(2)15-20/h5-13,15-17H,3-4,14,18H2,1-2H3,(H,31,33,35)/b25-17-. The van der Waals surface area contributed by atoms with Crippen molar-refractivity contribution in [3.05, 3.63) is 93.5 Å². The molecule has 7 nitrogen and oxygen atoms in total. The average molecular weight is 563 g/mol. The quantitative estimate of drug-likeness (QED) is 0.191. The molecule has 1 aliphatic heterocycles. The molecule has 1 aliphatic rings. The van der Waals surface area contributed by atoms with Crippen LogP contribution in [0.2, 0.25) is 0 Å². The molecule has 0 unspecified atom stereocenters. The van der Waals surface area contributed by atoms with Crippen molar-refractivity contribution in [2.75, 3.05) is 11.5 Å². The molecule has 8 heteroatoms. The summed E-state index contributed by atoms with van der Waals surface area (Å²) < 4.78 is 12.4. The monoisotopic (exact) mass is 562 g/mol. The lowest BCUT2D eigenvalue weighted by Crippen LogP contribution is -2.54. The summed E-state index contributed by atoms with van der Waals surface area (Å²) in [5, 5.41) is 2.26. The Labute approximate surface area is 224 Å². The van der Waals surface area contributed by atoms with Crippen molar-refractivity contribution in [1.29, 1.82) is 0 Å². The van der Waals surface area contributed by atoms with Gasteiger partial charge >= 0.3 is 6.03 Å². The summed E-state index contributed by atoms with van der Waals surface area (Å²) in [7, 11) is 0. The number of amides is 4. The minimum Gasteiger partial charge on any atom is -0.494 e. The number of ether oxygens (including phenoxy) is 2. The Bertz CT molecular complexity index is 1350. The fourth-order valence-corrected chi connectivity index (χ4v) is 4.18. The van der Waals surface area contributed by atoms with Gasteiger partial charge in [0, 0.05) is 10.0 Å². The zero-order chi connectivity index (χ0) is 26.4. The topological polar surface area (TPSA) is 84.9 Å². The molecule has 4 rings (SSSR count). The van der Waals surface area contributed by atoms with Crippen molar-refractivity contribution in [2.24, 2.45) is 0 Å². The Kier molecular flexibility index (Phi) is 8.40. The molecule has 0 radical (unpaired) electrons. The number of imide groups is 2. The highest BCUT2D eigenvalue weighted by Crippen LogP contribution is 2.29. The molecule has 3 aromatic rings. The molecule has 3 aromatic carbocycles. The second-order valence-corrected chi connectivity index (χ2v) is 9.53. The third kappa shape index (κ3) is 6.46. The lowest BCUT2D eigenvalue weighted by molar-refractivity contribution is -0.122. The first kappa shape index (κ1) is 26.2. The summed E-state index contributed by atoms with van der Waals surface area (Å²) in [6.45, 7) is 4.98. The van der Waals surface area contributed by atoms with Crippen LogP contribution in [0.5, 0.6) is 11.5 Å². The van der Waals surface area contributed by atoms with E-state index in [1.165, 1.54) is 6.08 Å². The number of rotatable bonds is 9. The van der Waals surface area contributed by atoms with Crippen LogP contribution < -0.4 is 19.7 Å². The van der Waals surface area contributed by atoms with Crippen molar-refractivity contribution >= 4 is 45.5 Å². The summed E-state index contributed by atoms with van der Waals surface area (Å²) in [6, 6.07) is 19.1. The highest BCUT2D eigenvalue weighted by molar-refractivity contribution is 9.10. The summed E-state index contributed by atoms with van der Waals surface area (Å²) in [4.78, 5) is 39.6. The smallest absolute Gasteiger partial charge is 0.335 e. The van der Waals surface area contributed by atoms with Crippen LogP contribution in [0.25, 0.3) is 6.08 Å². The summed E-state index contributed by atoms with van der Waals surface area (Å²) in [6.07, 6.45) is 3.38. The van der Waals surface area contributed by atoms with Gasteiger partial charge in [-0.15, -0.1) is 0 Å². The van der Waals surface area contributed by atoms with E-state index >= 15 is 0 Å². The molecule has 37 heavy (non-hydrogen) atoms. The molecule has 190 valence electrons. The molecule has 0 saturated carbocycles. The molecule has 0 atom stereocenters. The van der Waals surface area contributed by atoms with Crippen LogP contribution in [-0.2, 0) is 16.2 Å². The van der Waals surface area contributed by atoms with Crippen LogP contribution in [0.4, 0.5) is 10.5 Å². The van der Waals surface area contributed by atoms with Gasteiger partial charge in [-0.05, 0) is 67.4 Å². The number of carbonyl (C=O) groups excluding carboxylic acids is 3. The Morgan fingerprint density at radius 3 is 2.49 bits per heavy atom. The molecule has 0 aromatic heterocycles. The number of anilines is 1. The third-order valence-corrected chi connectivity index (χ3v) is 6.20. The lowest BCUT2D eigenvalue weighted by Gasteiger charge is -2.26. The molecular formula is C29H27BrN2O5. The van der Waals surface area contributed by atoms with Gasteiger partial charge < -0.3 is 9.47 Å². The first-order valence-corrected chi connectivity index (χ1v) is 12.8. The highest BCUT2D eigenvalue weighted by Gasteiger charge is 2.37. The molecule has 1 saturated heterocycles. The minimum atomic E-state index is -0.808. The zero-order valence-corrected chi connectivity index (χ0v) is 22.2. The van der Waals surface area contributed by atoms with E-state index in [-0.39, 0.29) is 5.57 Å². The van der Waals surface area contributed by atoms with Gasteiger partial charge in [0.15, 0.2) is 0 Å². The van der Waals surface area contributed by atoms with Gasteiger partial charge in [0.1, 0.15) is 23.7 Å². The number of nitrogens with zero attached hydrogens (tertiary/aromatic N) is 1. The average Bonchev–Trinajstić information content (AvgIpc) is 2.87. The number of hydrogen-bond acceptors (Lipinski definition) is 5. The third-order valence-electron chi connectivity index (χ3n) is 5.71. The van der Waals surface area contributed by atoms with Gasteiger partial charge in [-0.25, -0.2) is 9.69 Å². The Morgan fingerprint density at radius 2 is 1.76 bits per heavy atom. The van der Waals surface area contributed by atoms with E-state index in [0.29, 0.717) is 36.0 Å². The number of nitrogens with one attached hydrogen (secondary N) is 1. The number of barbiturate groups is 1. The van der Waals surface area contributed by atoms with Gasteiger partial charge in [-0.2, -0.15) is 0 Å². The Balaban J connectivity index is 1.59. The second kappa shape index (κ2) is 11.9. The predicted octanol–water partition coefficient (Wildman–Crippen LogP) is 6.18. The van der Waals surface area contributed by atoms with Gasteiger partial charge in [-0.1, -0.05) is 59.1 Å². The molecule has 1 fully saturated rings. The first-order valence-electron chi connectivity index (χ1n) is 12.0. The van der Waals surface area contributed by atoms with Gasteiger partial charge in [0.05, 0.1) is 12.3 Å². The van der Waals surface area contributed by atoms with E-state index in [1.807, 2.05) is 37.3 Å². The molecular weight excluding hydrogens is 536 g/mol. The van der Waals surface area contributed by atoms with Gasteiger partial charge in [-0.3, -0.25) is 14.9 Å². The van der Waals surface area contributed by atoms with Crippen LogP contribution in [-0.4, -0.2) is 24.5 Å². The van der Waals surface area contributed by atoms with Crippen LogP contribution in [0.3, 0.4) is 0 Å². The van der Waals surface area contributed by atoms with Crippen molar-refractivity contribution in [3.8, 4) is 11.5 Å². The molecule has 4 amide bonds. The molecule has 0 spiro atoms. The van der Waals surface area contributed by atoms with Crippen molar-refractivity contribution in [1.82, 2.24) is 5.32 Å². The second-order valence-electron chi connectivity index (χ2n) is 8.61. The maximum absolute atomic E-state index is 13.4. The Morgan fingerprint density at radius 1 is 0.973 bits per heavy atom. The number of halogens is 1. The largest absolute Gasteiger partial charge is 0.494 e. The fraction of sp³-hybridized carbons (Fsp3) is 0.207. The van der Waals surface area contributed by atoms with Crippen LogP contribution in [0.1, 0.15) is 36.5 Å². The number of carbonyl (C=O) groups is 3. The van der Waals surface area contributed by atoms with E-state index < -0.39 is 17.8 Å². The molecule has 1 N–H and O–H groups in total. The molecule has 0 bridgehead atoms. The van der Waals surface area contributed by atoms with E-state index in [2.05, 4.69) is 28.2 Å². The van der Waals surface area contributed by atoms with Crippen molar-refractivity contribution in [2.45, 2.75) is 33.3 Å². The normalized spacial score (nSPS) is 14.6. The predicted molar refractivity (Wildman–Crippen MR) is 145 cm³/mol. The van der Waals surface area contributed by atoms with Crippen molar-refractivity contribution in [3.63, 3.8) is 0 Å². The van der Waals surface area contributed by atoms with Crippen LogP contribution in [0.15, 0.2) is 76.8 Å². The van der Waals surface area contributed by atoms with Gasteiger partial charge in [0.2, 0.25) is 0 Å². The number of hydrogen-bond donors (Lipinski definition) is 1. The Hall–Kier alpha value is -3.91. The number of aryl methyl sites for hydroxylation is 1. The molecule has 0 aliphatic carbocycles. The highest BCUT2D eigenvalue weighted by atomic mass is 79.9. The molecule has 1 heterocycles. The summed E-state index contributed by atoms with van der Waals surface area (Å²) in [5.74, 6) is -0.360. The maximum atomic E-state index is 13.4. The lowest BCUT2D eigenvalue weighted by atomic mass is 10.1. The van der Waals surface area contributed by atoms with E-state index in [0.717, 1.165) is 33.3 Å². The maximum Gasteiger partial charge on any atom is 0.335 e. The fourth-order valence-electron chi connectivity index (χ4n) is 3.80. The van der Waals surface area contributed by atoms with E-state index in [1.54, 1.807) is 36.4 Å². The van der Waals surface area contributed by atoms with Crippen LogP contribution >= 0.6 is 15.9 Å². The number of benzene rings is 3. The summed E-state index contributed by atoms with van der Waals surface area (Å²) in [5.41, 5.74) is 2.78. The van der Waals surface area contributed by atoms with E-state index in [9.17, 15) is 14.4 Å². The van der Waals surface area contributed by atoms with Crippen molar-refractivity contribution < 1.29 is 23.9 Å². The SMILES string of the molecule is CCCCOc1ccc(N2C(=O)NC(=O)/C(=C/c3cc(Br)ccc3OCc3cccc(C)c3)C2=O)cc1. The van der Waals surface area contributed by atoms with E-state index in [4.69, 9.17) is 9.47 Å². The minimum absolute atomic E-state index is 0.179. The number of unbranched alkanes of at least 4 members (excludes halogenated alkanes) is 1. The van der Waals surface area contributed by atoms with Crippen LogP contribution in [0, 0.1) is 6.92 Å². The summed E-state index contributed by atoms with van der Waals surface area (Å²) >= 11 is 3.44.